The van der Waals surface area contributed by atoms with Crippen LogP contribution in [-0.4, -0.2) is 6.54 Å². The lowest BCUT2D eigenvalue weighted by atomic mass is 10.0. The molecule has 0 spiro atoms. The Balaban J connectivity index is 2.82. The second kappa shape index (κ2) is 9.05. The van der Waals surface area contributed by atoms with E-state index in [4.69, 9.17) is 5.73 Å². The van der Waals surface area contributed by atoms with Crippen molar-refractivity contribution in [3.8, 4) is 0 Å². The Hall–Kier alpha value is -0.0400. The van der Waals surface area contributed by atoms with E-state index in [-0.39, 0.29) is 0 Å². The van der Waals surface area contributed by atoms with Gasteiger partial charge >= 0.3 is 0 Å². The molecule has 1 heteroatoms. The van der Waals surface area contributed by atoms with Crippen molar-refractivity contribution in [1.82, 2.24) is 0 Å². The maximum Gasteiger partial charge on any atom is -0.00772 e. The molecule has 0 aromatic rings. The fraction of sp³-hybridized carbons (Fsp3) is 0.909. The molecule has 0 unspecified atom stereocenters. The highest BCUT2D eigenvalue weighted by Crippen LogP contribution is 2.10. The Morgan fingerprint density at radius 2 is 1.75 bits per heavy atom. The first-order valence-corrected chi connectivity index (χ1v) is 5.29. The van der Waals surface area contributed by atoms with Gasteiger partial charge in [-0.05, 0) is 31.7 Å². The second-order valence-corrected chi connectivity index (χ2v) is 3.90. The molecule has 0 aromatic heterocycles. The second-order valence-electron chi connectivity index (χ2n) is 3.90. The summed E-state index contributed by atoms with van der Waals surface area (Å²) in [7, 11) is 0. The average Bonchev–Trinajstić information content (AvgIpc) is 2.02. The molecule has 0 aliphatic rings. The maximum absolute atomic E-state index is 5.39. The Morgan fingerprint density at radius 1 is 1.08 bits per heavy atom. The fourth-order valence-corrected chi connectivity index (χ4v) is 1.25. The first kappa shape index (κ1) is 12.0. The van der Waals surface area contributed by atoms with Crippen LogP contribution in [0.25, 0.3) is 0 Å². The molecule has 0 rings (SSSR count). The zero-order valence-corrected chi connectivity index (χ0v) is 8.68. The predicted molar refractivity (Wildman–Crippen MR) is 55.9 cm³/mol. The molecule has 0 aromatic carbocycles. The van der Waals surface area contributed by atoms with Gasteiger partial charge in [-0.1, -0.05) is 39.5 Å². The van der Waals surface area contributed by atoms with Crippen molar-refractivity contribution in [2.75, 3.05) is 6.54 Å². The van der Waals surface area contributed by atoms with Crippen molar-refractivity contribution in [3.63, 3.8) is 0 Å². The normalized spacial score (nSPS) is 11.0. The zero-order valence-electron chi connectivity index (χ0n) is 8.68. The molecule has 0 aliphatic heterocycles. The molecule has 12 heavy (non-hydrogen) atoms. The van der Waals surface area contributed by atoms with Crippen LogP contribution in [0, 0.1) is 12.3 Å². The van der Waals surface area contributed by atoms with Crippen molar-refractivity contribution in [2.45, 2.75) is 52.4 Å². The third-order valence-corrected chi connectivity index (χ3v) is 2.05. The topological polar surface area (TPSA) is 26.0 Å². The van der Waals surface area contributed by atoms with Crippen LogP contribution in [0.4, 0.5) is 0 Å². The Morgan fingerprint density at radius 3 is 2.33 bits per heavy atom. The van der Waals surface area contributed by atoms with E-state index >= 15 is 0 Å². The van der Waals surface area contributed by atoms with E-state index in [1.165, 1.54) is 32.1 Å². The lowest BCUT2D eigenvalue weighted by molar-refractivity contribution is 0.533. The molecule has 2 N–H and O–H groups in total. The maximum atomic E-state index is 5.39. The van der Waals surface area contributed by atoms with E-state index in [9.17, 15) is 0 Å². The molecular weight excluding hydrogens is 146 g/mol. The number of unbranched alkanes of at least 4 members (excludes halogenated alkanes) is 5. The predicted octanol–water partition coefficient (Wildman–Crippen LogP) is 3.15. The third kappa shape index (κ3) is 9.96. The van der Waals surface area contributed by atoms with Crippen molar-refractivity contribution >= 4 is 0 Å². The summed E-state index contributed by atoms with van der Waals surface area (Å²) >= 11 is 0. The summed E-state index contributed by atoms with van der Waals surface area (Å²) in [5.74, 6) is 0.869. The summed E-state index contributed by atoms with van der Waals surface area (Å²) in [5.41, 5.74) is 5.39. The van der Waals surface area contributed by atoms with Gasteiger partial charge in [-0.2, -0.15) is 0 Å². The molecule has 73 valence electrons. The fourth-order valence-electron chi connectivity index (χ4n) is 1.25. The molecule has 0 bridgehead atoms. The zero-order chi connectivity index (χ0) is 9.23. The molecule has 0 saturated heterocycles. The molecule has 1 nitrogen and oxygen atoms in total. The smallest absolute Gasteiger partial charge is 0.00772 e. The molecule has 0 heterocycles. The highest BCUT2D eigenvalue weighted by atomic mass is 14.5. The largest absolute Gasteiger partial charge is 0.330 e. The van der Waals surface area contributed by atoms with Crippen molar-refractivity contribution in [3.05, 3.63) is 6.42 Å². The van der Waals surface area contributed by atoms with Gasteiger partial charge in [-0.3, -0.25) is 0 Å². The minimum atomic E-state index is 0.836. The van der Waals surface area contributed by atoms with Crippen LogP contribution in [0.2, 0.25) is 0 Å². The molecular formula is C11H24N. The summed E-state index contributed by atoms with van der Waals surface area (Å²) in [5, 5.41) is 0. The van der Waals surface area contributed by atoms with Gasteiger partial charge in [0.25, 0.3) is 0 Å². The van der Waals surface area contributed by atoms with Gasteiger partial charge in [0, 0.05) is 0 Å². The molecule has 1 radical (unpaired) electrons. The minimum Gasteiger partial charge on any atom is -0.330 e. The molecule has 0 atom stereocenters. The van der Waals surface area contributed by atoms with Gasteiger partial charge < -0.3 is 5.73 Å². The average molecular weight is 170 g/mol. The van der Waals surface area contributed by atoms with Crippen LogP contribution in [0.5, 0.6) is 0 Å². The Kier molecular flexibility index (Phi) is 9.02. The van der Waals surface area contributed by atoms with Gasteiger partial charge in [0.05, 0.1) is 0 Å². The molecule has 0 amide bonds. The quantitative estimate of drug-likeness (QED) is 0.556. The van der Waals surface area contributed by atoms with Crippen molar-refractivity contribution < 1.29 is 0 Å². The van der Waals surface area contributed by atoms with E-state index in [2.05, 4.69) is 20.3 Å². The van der Waals surface area contributed by atoms with E-state index in [1.54, 1.807) is 0 Å². The van der Waals surface area contributed by atoms with E-state index < -0.39 is 0 Å². The van der Waals surface area contributed by atoms with Gasteiger partial charge in [0.1, 0.15) is 0 Å². The summed E-state index contributed by atoms with van der Waals surface area (Å²) in [6.45, 7) is 5.42. The Bertz CT molecular complexity index is 79.1. The summed E-state index contributed by atoms with van der Waals surface area (Å²) in [4.78, 5) is 0. The summed E-state index contributed by atoms with van der Waals surface area (Å²) < 4.78 is 0. The van der Waals surface area contributed by atoms with Gasteiger partial charge in [-0.25, -0.2) is 0 Å². The van der Waals surface area contributed by atoms with E-state index in [0.717, 1.165) is 18.9 Å². The first-order valence-electron chi connectivity index (χ1n) is 5.29. The van der Waals surface area contributed by atoms with E-state index in [1.807, 2.05) is 0 Å². The van der Waals surface area contributed by atoms with Crippen molar-refractivity contribution in [2.24, 2.45) is 11.7 Å². The number of rotatable bonds is 8. The van der Waals surface area contributed by atoms with Gasteiger partial charge in [-0.15, -0.1) is 0 Å². The number of nitrogens with two attached hydrogens (primary N) is 1. The monoisotopic (exact) mass is 170 g/mol. The molecule has 0 saturated carbocycles. The minimum absolute atomic E-state index is 0.836. The van der Waals surface area contributed by atoms with E-state index in [0.29, 0.717) is 0 Å². The summed E-state index contributed by atoms with van der Waals surface area (Å²) in [6.07, 6.45) is 10.2. The van der Waals surface area contributed by atoms with Crippen LogP contribution in [0.1, 0.15) is 52.4 Å². The lowest BCUT2D eigenvalue weighted by Gasteiger charge is -2.03. The third-order valence-electron chi connectivity index (χ3n) is 2.05. The highest BCUT2D eigenvalue weighted by molar-refractivity contribution is 4.64. The van der Waals surface area contributed by atoms with Crippen LogP contribution in [-0.2, 0) is 0 Å². The summed E-state index contributed by atoms with van der Waals surface area (Å²) in [6, 6.07) is 0. The van der Waals surface area contributed by atoms with Crippen LogP contribution in [0.3, 0.4) is 0 Å². The number of hydrogen-bond acceptors (Lipinski definition) is 1. The van der Waals surface area contributed by atoms with Gasteiger partial charge in [0.2, 0.25) is 0 Å². The standard InChI is InChI=1S/C11H24N/c1-11(2)9-7-5-3-4-6-8-10-12/h4,11H,3,5-10,12H2,1-2H3. The molecule has 0 aliphatic carbocycles. The molecule has 0 fully saturated rings. The SMILES string of the molecule is CC(C)CCCC[CH]CCCN. The van der Waals surface area contributed by atoms with Crippen LogP contribution < -0.4 is 5.73 Å². The Labute approximate surface area is 77.7 Å². The highest BCUT2D eigenvalue weighted by Gasteiger charge is 1.94. The first-order chi connectivity index (χ1) is 5.77. The lowest BCUT2D eigenvalue weighted by Crippen LogP contribution is -1.97. The van der Waals surface area contributed by atoms with Crippen LogP contribution >= 0.6 is 0 Å². The number of hydrogen-bond donors (Lipinski definition) is 1. The van der Waals surface area contributed by atoms with Crippen LogP contribution in [0.15, 0.2) is 0 Å². The van der Waals surface area contributed by atoms with Gasteiger partial charge in [0.15, 0.2) is 0 Å². The van der Waals surface area contributed by atoms with Crippen molar-refractivity contribution in [1.29, 1.82) is 0 Å².